The van der Waals surface area contributed by atoms with Crippen molar-refractivity contribution >= 4 is 17.7 Å². The van der Waals surface area contributed by atoms with Gasteiger partial charge in [0.1, 0.15) is 6.04 Å². The third kappa shape index (κ3) is 3.08. The summed E-state index contributed by atoms with van der Waals surface area (Å²) < 4.78 is 0. The Morgan fingerprint density at radius 3 is 2.85 bits per heavy atom. The van der Waals surface area contributed by atoms with E-state index in [0.29, 0.717) is 25.2 Å². The highest BCUT2D eigenvalue weighted by Crippen LogP contribution is 2.20. The zero-order valence-corrected chi connectivity index (χ0v) is 11.4. The SMILES string of the molecule is CNCc1ccccc1NC(=O)N1CCC[C@@H]1C(=O)O. The van der Waals surface area contributed by atoms with Crippen LogP contribution in [-0.4, -0.2) is 41.6 Å². The van der Waals surface area contributed by atoms with Crippen LogP contribution in [-0.2, 0) is 11.3 Å². The number of amides is 2. The molecule has 1 aromatic carbocycles. The maximum atomic E-state index is 12.2. The molecule has 2 amide bonds. The van der Waals surface area contributed by atoms with E-state index < -0.39 is 12.0 Å². The molecule has 1 aliphatic rings. The first-order chi connectivity index (χ1) is 9.63. The largest absolute Gasteiger partial charge is 0.480 e. The van der Waals surface area contributed by atoms with E-state index in [1.165, 1.54) is 4.90 Å². The van der Waals surface area contributed by atoms with Gasteiger partial charge in [-0.25, -0.2) is 9.59 Å². The molecule has 1 saturated heterocycles. The summed E-state index contributed by atoms with van der Waals surface area (Å²) in [7, 11) is 1.83. The number of nitrogens with zero attached hydrogens (tertiary/aromatic N) is 1. The van der Waals surface area contributed by atoms with Crippen LogP contribution >= 0.6 is 0 Å². The molecule has 0 aromatic heterocycles. The van der Waals surface area contributed by atoms with Gasteiger partial charge in [-0.2, -0.15) is 0 Å². The third-order valence-corrected chi connectivity index (χ3v) is 3.42. The van der Waals surface area contributed by atoms with Gasteiger partial charge >= 0.3 is 12.0 Å². The highest BCUT2D eigenvalue weighted by Gasteiger charge is 2.34. The van der Waals surface area contributed by atoms with E-state index in [2.05, 4.69) is 10.6 Å². The fourth-order valence-corrected chi connectivity index (χ4v) is 2.44. The first-order valence-electron chi connectivity index (χ1n) is 6.66. The molecule has 6 nitrogen and oxygen atoms in total. The lowest BCUT2D eigenvalue weighted by molar-refractivity contribution is -0.141. The van der Waals surface area contributed by atoms with Crippen molar-refractivity contribution in [3.8, 4) is 0 Å². The second-order valence-corrected chi connectivity index (χ2v) is 4.81. The number of anilines is 1. The topological polar surface area (TPSA) is 81.7 Å². The van der Waals surface area contributed by atoms with Gasteiger partial charge in [-0.15, -0.1) is 0 Å². The molecular weight excluding hydrogens is 258 g/mol. The zero-order valence-electron chi connectivity index (χ0n) is 11.4. The number of carboxylic acids is 1. The number of carbonyl (C=O) groups excluding carboxylic acids is 1. The van der Waals surface area contributed by atoms with Crippen molar-refractivity contribution in [1.82, 2.24) is 10.2 Å². The summed E-state index contributed by atoms with van der Waals surface area (Å²) >= 11 is 0. The van der Waals surface area contributed by atoms with Crippen LogP contribution in [0.2, 0.25) is 0 Å². The van der Waals surface area contributed by atoms with Crippen molar-refractivity contribution in [2.45, 2.75) is 25.4 Å². The van der Waals surface area contributed by atoms with Crippen LogP contribution in [0.5, 0.6) is 0 Å². The highest BCUT2D eigenvalue weighted by atomic mass is 16.4. The van der Waals surface area contributed by atoms with Gasteiger partial charge < -0.3 is 20.6 Å². The maximum absolute atomic E-state index is 12.2. The molecule has 2 rings (SSSR count). The first-order valence-corrected chi connectivity index (χ1v) is 6.66. The van der Waals surface area contributed by atoms with Gasteiger partial charge in [0.2, 0.25) is 0 Å². The van der Waals surface area contributed by atoms with Crippen LogP contribution in [0.4, 0.5) is 10.5 Å². The minimum absolute atomic E-state index is 0.349. The number of rotatable bonds is 4. The molecule has 1 aromatic rings. The van der Waals surface area contributed by atoms with E-state index in [9.17, 15) is 9.59 Å². The summed E-state index contributed by atoms with van der Waals surface area (Å²) in [5.41, 5.74) is 1.68. The summed E-state index contributed by atoms with van der Waals surface area (Å²) in [5.74, 6) is -0.943. The minimum Gasteiger partial charge on any atom is -0.480 e. The summed E-state index contributed by atoms with van der Waals surface area (Å²) in [6.07, 6.45) is 1.24. The maximum Gasteiger partial charge on any atom is 0.326 e. The standard InChI is InChI=1S/C14H19N3O3/c1-15-9-10-5-2-3-6-11(10)16-14(20)17-8-4-7-12(17)13(18)19/h2-3,5-6,12,15H,4,7-9H2,1H3,(H,16,20)(H,18,19)/t12-/m1/s1. The van der Waals surface area contributed by atoms with Gasteiger partial charge in [0.05, 0.1) is 0 Å². The lowest BCUT2D eigenvalue weighted by Crippen LogP contribution is -2.42. The van der Waals surface area contributed by atoms with Gasteiger partial charge in [0.25, 0.3) is 0 Å². The van der Waals surface area contributed by atoms with Crippen LogP contribution in [0.15, 0.2) is 24.3 Å². The van der Waals surface area contributed by atoms with E-state index in [-0.39, 0.29) is 6.03 Å². The molecule has 1 aliphatic heterocycles. The molecule has 1 fully saturated rings. The van der Waals surface area contributed by atoms with Crippen molar-refractivity contribution < 1.29 is 14.7 Å². The summed E-state index contributed by atoms with van der Waals surface area (Å²) in [4.78, 5) is 24.7. The number of hydrogen-bond donors (Lipinski definition) is 3. The number of carbonyl (C=O) groups is 2. The third-order valence-electron chi connectivity index (χ3n) is 3.42. The van der Waals surface area contributed by atoms with Crippen molar-refractivity contribution in [2.75, 3.05) is 18.9 Å². The lowest BCUT2D eigenvalue weighted by Gasteiger charge is -2.22. The monoisotopic (exact) mass is 277 g/mol. The first kappa shape index (κ1) is 14.3. The van der Waals surface area contributed by atoms with E-state index in [1.54, 1.807) is 0 Å². The minimum atomic E-state index is -0.943. The molecule has 108 valence electrons. The Labute approximate surface area is 117 Å². The average molecular weight is 277 g/mol. The summed E-state index contributed by atoms with van der Waals surface area (Å²) in [5, 5.41) is 14.9. The number of urea groups is 1. The van der Waals surface area contributed by atoms with Gasteiger partial charge in [-0.05, 0) is 31.5 Å². The molecule has 20 heavy (non-hydrogen) atoms. The number of nitrogens with one attached hydrogen (secondary N) is 2. The molecule has 0 radical (unpaired) electrons. The van der Waals surface area contributed by atoms with E-state index >= 15 is 0 Å². The van der Waals surface area contributed by atoms with Crippen LogP contribution in [0.3, 0.4) is 0 Å². The molecule has 1 atom stereocenters. The van der Waals surface area contributed by atoms with Crippen molar-refractivity contribution in [2.24, 2.45) is 0 Å². The average Bonchev–Trinajstić information content (AvgIpc) is 2.91. The Hall–Kier alpha value is -2.08. The van der Waals surface area contributed by atoms with Crippen molar-refractivity contribution in [3.63, 3.8) is 0 Å². The van der Waals surface area contributed by atoms with Crippen LogP contribution in [0.1, 0.15) is 18.4 Å². The van der Waals surface area contributed by atoms with Crippen molar-refractivity contribution in [1.29, 1.82) is 0 Å². The van der Waals surface area contributed by atoms with E-state index in [4.69, 9.17) is 5.11 Å². The number of likely N-dealkylation sites (tertiary alicyclic amines) is 1. The Kier molecular flexibility index (Phi) is 4.57. The van der Waals surface area contributed by atoms with Gasteiger partial charge in [-0.1, -0.05) is 18.2 Å². The second kappa shape index (κ2) is 6.38. The molecule has 3 N–H and O–H groups in total. The Morgan fingerprint density at radius 1 is 1.40 bits per heavy atom. The van der Waals surface area contributed by atoms with Gasteiger partial charge in [-0.3, -0.25) is 0 Å². The number of aliphatic carboxylic acids is 1. The summed E-state index contributed by atoms with van der Waals surface area (Å²) in [6.45, 7) is 1.12. The van der Waals surface area contributed by atoms with Crippen molar-refractivity contribution in [3.05, 3.63) is 29.8 Å². The molecule has 0 saturated carbocycles. The molecule has 6 heteroatoms. The molecule has 0 spiro atoms. The fraction of sp³-hybridized carbons (Fsp3) is 0.429. The Balaban J connectivity index is 2.10. The second-order valence-electron chi connectivity index (χ2n) is 4.81. The number of benzene rings is 1. The molecule has 0 bridgehead atoms. The van der Waals surface area contributed by atoms with Gasteiger partial charge in [0, 0.05) is 18.8 Å². The number of carboxylic acid groups (broad SMARTS) is 1. The number of para-hydroxylation sites is 1. The van der Waals surface area contributed by atoms with E-state index in [0.717, 1.165) is 12.0 Å². The Morgan fingerprint density at radius 2 is 2.15 bits per heavy atom. The fourth-order valence-electron chi connectivity index (χ4n) is 2.44. The molecule has 0 aliphatic carbocycles. The lowest BCUT2D eigenvalue weighted by atomic mass is 10.2. The van der Waals surface area contributed by atoms with E-state index in [1.807, 2.05) is 31.3 Å². The molecule has 0 unspecified atom stereocenters. The summed E-state index contributed by atoms with van der Waals surface area (Å²) in [6, 6.07) is 6.41. The zero-order chi connectivity index (χ0) is 14.5. The highest BCUT2D eigenvalue weighted by molar-refractivity contribution is 5.93. The number of hydrogen-bond acceptors (Lipinski definition) is 3. The normalized spacial score (nSPS) is 18.1. The van der Waals surface area contributed by atoms with Crippen LogP contribution in [0.25, 0.3) is 0 Å². The predicted molar refractivity (Wildman–Crippen MR) is 75.6 cm³/mol. The Bertz CT molecular complexity index is 504. The van der Waals surface area contributed by atoms with Crippen LogP contribution < -0.4 is 10.6 Å². The quantitative estimate of drug-likeness (QED) is 0.778. The molecule has 1 heterocycles. The van der Waals surface area contributed by atoms with Gasteiger partial charge in [0.15, 0.2) is 0 Å². The molecular formula is C14H19N3O3. The van der Waals surface area contributed by atoms with Crippen LogP contribution in [0, 0.1) is 0 Å². The predicted octanol–water partition coefficient (Wildman–Crippen LogP) is 1.49. The smallest absolute Gasteiger partial charge is 0.326 e.